The fraction of sp³-hybridized carbons (Fsp3) is 0.571. The summed E-state index contributed by atoms with van der Waals surface area (Å²) in [5, 5.41) is -0.257. The molecule has 0 radical (unpaired) electrons. The molecule has 4 rings (SSSR count). The van der Waals surface area contributed by atoms with Gasteiger partial charge in [0.05, 0.1) is 5.25 Å². The fourth-order valence-electron chi connectivity index (χ4n) is 4.47. The Kier molecular flexibility index (Phi) is 4.30. The molecule has 1 amide bonds. The van der Waals surface area contributed by atoms with Crippen molar-refractivity contribution in [3.63, 3.8) is 0 Å². The molecule has 0 spiro atoms. The number of rotatable bonds is 5. The number of benzene rings is 1. The van der Waals surface area contributed by atoms with Gasteiger partial charge in [-0.15, -0.1) is 6.58 Å². The number of amides is 1. The predicted octanol–water partition coefficient (Wildman–Crippen LogP) is 3.51. The van der Waals surface area contributed by atoms with Gasteiger partial charge in [-0.05, 0) is 63.1 Å². The van der Waals surface area contributed by atoms with Crippen LogP contribution in [0.4, 0.5) is 10.5 Å². The van der Waals surface area contributed by atoms with Crippen LogP contribution in [0.15, 0.2) is 36.9 Å². The first-order chi connectivity index (χ1) is 13.1. The van der Waals surface area contributed by atoms with Crippen LogP contribution in [0.2, 0.25) is 0 Å². The van der Waals surface area contributed by atoms with E-state index in [4.69, 9.17) is 4.74 Å². The minimum atomic E-state index is -3.29. The molecule has 152 valence electrons. The number of carbonyl (C=O) groups excluding carboxylic acids is 1. The number of nitrogens with one attached hydrogen (secondary N) is 1. The van der Waals surface area contributed by atoms with Crippen molar-refractivity contribution >= 4 is 21.8 Å². The number of anilines is 1. The van der Waals surface area contributed by atoms with Crippen LogP contribution in [0.3, 0.4) is 0 Å². The van der Waals surface area contributed by atoms with Crippen molar-refractivity contribution in [2.24, 2.45) is 11.8 Å². The first-order valence-electron chi connectivity index (χ1n) is 9.80. The maximum Gasteiger partial charge on any atom is 0.410 e. The molecule has 3 fully saturated rings. The van der Waals surface area contributed by atoms with E-state index in [1.54, 1.807) is 11.0 Å². The highest BCUT2D eigenvalue weighted by atomic mass is 32.2. The zero-order chi connectivity index (χ0) is 20.3. The number of nitrogens with zero attached hydrogens (tertiary/aromatic N) is 1. The monoisotopic (exact) mass is 404 g/mol. The van der Waals surface area contributed by atoms with E-state index >= 15 is 0 Å². The van der Waals surface area contributed by atoms with Gasteiger partial charge in [-0.25, -0.2) is 13.2 Å². The van der Waals surface area contributed by atoms with E-state index in [1.165, 1.54) is 0 Å². The quantitative estimate of drug-likeness (QED) is 0.762. The average molecular weight is 405 g/mol. The van der Waals surface area contributed by atoms with Crippen molar-refractivity contribution in [1.29, 1.82) is 0 Å². The van der Waals surface area contributed by atoms with Gasteiger partial charge < -0.3 is 9.64 Å². The summed E-state index contributed by atoms with van der Waals surface area (Å²) in [6, 6.07) is 7.60. The predicted molar refractivity (Wildman–Crippen MR) is 109 cm³/mol. The molecule has 1 heterocycles. The SMILES string of the molecule is C=C[C@@]1(c2cccc(NS(=O)(=O)C3CC3)c2)[C@@H]2CN(C(=O)OC(C)(C)C)C[C@@H]21. The maximum absolute atomic E-state index is 12.3. The first kappa shape index (κ1) is 19.3. The maximum atomic E-state index is 12.3. The van der Waals surface area contributed by atoms with Gasteiger partial charge in [0.25, 0.3) is 0 Å². The molecule has 1 aliphatic heterocycles. The van der Waals surface area contributed by atoms with Crippen molar-refractivity contribution in [2.75, 3.05) is 17.8 Å². The van der Waals surface area contributed by atoms with Crippen LogP contribution in [0, 0.1) is 11.8 Å². The summed E-state index contributed by atoms with van der Waals surface area (Å²) in [5.41, 5.74) is 0.934. The number of likely N-dealkylation sites (tertiary alicyclic amines) is 1. The fourth-order valence-corrected chi connectivity index (χ4v) is 5.85. The van der Waals surface area contributed by atoms with E-state index in [-0.39, 0.29) is 28.6 Å². The summed E-state index contributed by atoms with van der Waals surface area (Å²) in [6.07, 6.45) is 3.15. The molecule has 6 nitrogen and oxygen atoms in total. The van der Waals surface area contributed by atoms with Crippen LogP contribution in [0.5, 0.6) is 0 Å². The topological polar surface area (TPSA) is 75.7 Å². The van der Waals surface area contributed by atoms with Crippen LogP contribution >= 0.6 is 0 Å². The van der Waals surface area contributed by atoms with Gasteiger partial charge >= 0.3 is 6.09 Å². The van der Waals surface area contributed by atoms with Gasteiger partial charge in [-0.1, -0.05) is 18.2 Å². The van der Waals surface area contributed by atoms with Crippen molar-refractivity contribution in [1.82, 2.24) is 4.90 Å². The molecular weight excluding hydrogens is 376 g/mol. The third-order valence-electron chi connectivity index (χ3n) is 6.01. The van der Waals surface area contributed by atoms with Crippen molar-refractivity contribution in [3.8, 4) is 0 Å². The summed E-state index contributed by atoms with van der Waals surface area (Å²) in [5.74, 6) is 0.570. The highest BCUT2D eigenvalue weighted by molar-refractivity contribution is 7.93. The lowest BCUT2D eigenvalue weighted by Crippen LogP contribution is -2.38. The molecule has 1 N–H and O–H groups in total. The second-order valence-corrected chi connectivity index (χ2v) is 11.1. The smallest absolute Gasteiger partial charge is 0.410 e. The lowest BCUT2D eigenvalue weighted by molar-refractivity contribution is 0.0265. The molecular formula is C21H28N2O4S. The van der Waals surface area contributed by atoms with E-state index < -0.39 is 15.6 Å². The largest absolute Gasteiger partial charge is 0.444 e. The van der Waals surface area contributed by atoms with Gasteiger partial charge in [0.2, 0.25) is 10.0 Å². The molecule has 2 aliphatic carbocycles. The Balaban J connectivity index is 1.49. The summed E-state index contributed by atoms with van der Waals surface area (Å²) in [4.78, 5) is 14.1. The minimum Gasteiger partial charge on any atom is -0.444 e. The third kappa shape index (κ3) is 3.30. The van der Waals surface area contributed by atoms with Crippen LogP contribution in [-0.2, 0) is 20.2 Å². The summed E-state index contributed by atoms with van der Waals surface area (Å²) in [6.45, 7) is 10.9. The van der Waals surface area contributed by atoms with Crippen LogP contribution in [0.1, 0.15) is 39.2 Å². The number of piperidine rings is 1. The Bertz CT molecular complexity index is 903. The molecule has 0 unspecified atom stereocenters. The lowest BCUT2D eigenvalue weighted by atomic mass is 9.90. The molecule has 3 atom stereocenters. The second kappa shape index (κ2) is 6.24. The van der Waals surface area contributed by atoms with E-state index in [1.807, 2.05) is 45.0 Å². The molecule has 3 aliphatic rings. The average Bonchev–Trinajstić information content (AvgIpc) is 3.49. The second-order valence-electron chi connectivity index (χ2n) is 9.16. The lowest BCUT2D eigenvalue weighted by Gasteiger charge is -2.28. The van der Waals surface area contributed by atoms with Crippen molar-refractivity contribution in [3.05, 3.63) is 42.5 Å². The summed E-state index contributed by atoms with van der Waals surface area (Å²) < 4.78 is 32.7. The van der Waals surface area contributed by atoms with E-state index in [9.17, 15) is 13.2 Å². The normalized spacial score (nSPS) is 29.2. The standard InChI is InChI=1S/C21H28N2O4S/c1-5-21(17-12-23(13-18(17)21)19(24)27-20(2,3)4)14-7-6-8-15(11-14)22-28(25,26)16-9-10-16/h5-8,11,16-18,22H,1,9-10,12-13H2,2-4H3/t17-,18+,21-. The Labute approximate surface area is 167 Å². The molecule has 2 saturated carbocycles. The summed E-state index contributed by atoms with van der Waals surface area (Å²) in [7, 11) is -3.29. The van der Waals surface area contributed by atoms with Gasteiger partial charge in [0.1, 0.15) is 5.60 Å². The van der Waals surface area contributed by atoms with Gasteiger partial charge in [-0.3, -0.25) is 4.72 Å². The minimum absolute atomic E-state index is 0.209. The van der Waals surface area contributed by atoms with Gasteiger partial charge in [0, 0.05) is 24.2 Å². The Hall–Kier alpha value is -2.02. The van der Waals surface area contributed by atoms with E-state index in [0.717, 1.165) is 18.4 Å². The van der Waals surface area contributed by atoms with Crippen LogP contribution < -0.4 is 4.72 Å². The number of fused-ring (bicyclic) bond motifs is 1. The zero-order valence-electron chi connectivity index (χ0n) is 16.6. The first-order valence-corrected chi connectivity index (χ1v) is 11.3. The van der Waals surface area contributed by atoms with Crippen LogP contribution in [-0.4, -0.2) is 43.4 Å². The molecule has 0 bridgehead atoms. The highest BCUT2D eigenvalue weighted by Gasteiger charge is 2.68. The Morgan fingerprint density at radius 1 is 1.29 bits per heavy atom. The molecule has 0 aromatic heterocycles. The Morgan fingerprint density at radius 2 is 1.93 bits per heavy atom. The highest BCUT2D eigenvalue weighted by Crippen LogP contribution is 2.64. The molecule has 1 saturated heterocycles. The van der Waals surface area contributed by atoms with Crippen LogP contribution in [0.25, 0.3) is 0 Å². The third-order valence-corrected chi connectivity index (χ3v) is 7.88. The summed E-state index contributed by atoms with van der Waals surface area (Å²) >= 11 is 0. The Morgan fingerprint density at radius 3 is 2.46 bits per heavy atom. The van der Waals surface area contributed by atoms with Crippen molar-refractivity contribution in [2.45, 2.75) is 49.9 Å². The molecule has 28 heavy (non-hydrogen) atoms. The number of allylic oxidation sites excluding steroid dienone is 1. The van der Waals surface area contributed by atoms with Gasteiger partial charge in [-0.2, -0.15) is 0 Å². The molecule has 1 aromatic rings. The number of sulfonamides is 1. The van der Waals surface area contributed by atoms with Gasteiger partial charge in [0.15, 0.2) is 0 Å². The number of hydrogen-bond donors (Lipinski definition) is 1. The van der Waals surface area contributed by atoms with E-state index in [2.05, 4.69) is 11.3 Å². The number of carbonyl (C=O) groups is 1. The molecule has 7 heteroatoms. The molecule has 1 aromatic carbocycles. The number of hydrogen-bond acceptors (Lipinski definition) is 4. The number of ether oxygens (including phenoxy) is 1. The zero-order valence-corrected chi connectivity index (χ0v) is 17.5. The van der Waals surface area contributed by atoms with E-state index in [0.29, 0.717) is 18.8 Å². The van der Waals surface area contributed by atoms with Crippen molar-refractivity contribution < 1.29 is 17.9 Å².